The molecule has 0 radical (unpaired) electrons. The zero-order valence-corrected chi connectivity index (χ0v) is 5.54. The molecule has 0 aliphatic heterocycles. The molecule has 0 saturated carbocycles. The molecule has 0 atom stereocenters. The molecule has 0 unspecified atom stereocenters. The molecule has 0 amide bonds. The van der Waals surface area contributed by atoms with E-state index in [1.807, 2.05) is 10.8 Å². The summed E-state index contributed by atoms with van der Waals surface area (Å²) < 4.78 is 2.00. The highest BCUT2D eigenvalue weighted by Gasteiger charge is 1.91. The van der Waals surface area contributed by atoms with Crippen molar-refractivity contribution in [3.63, 3.8) is 0 Å². The van der Waals surface area contributed by atoms with Crippen molar-refractivity contribution in [1.29, 1.82) is 0 Å². The van der Waals surface area contributed by atoms with E-state index < -0.39 is 0 Å². The van der Waals surface area contributed by atoms with E-state index in [1.54, 1.807) is 6.33 Å². The van der Waals surface area contributed by atoms with Gasteiger partial charge in [-0.15, -0.1) is 0 Å². The Balaban J connectivity index is 2.74. The maximum absolute atomic E-state index is 5.34. The number of nitrogens with two attached hydrogens (primary N) is 1. The highest BCUT2D eigenvalue weighted by Crippen LogP contribution is 1.92. The van der Waals surface area contributed by atoms with Crippen molar-refractivity contribution in [2.75, 3.05) is 0 Å². The Morgan fingerprint density at radius 1 is 1.78 bits per heavy atom. The Hall–Kier alpha value is -0.830. The molecule has 0 aromatic carbocycles. The molecule has 2 N–H and O–H groups in total. The summed E-state index contributed by atoms with van der Waals surface area (Å²) in [5, 5.41) is 0. The fourth-order valence-electron chi connectivity index (χ4n) is 0.685. The molecule has 1 aromatic heterocycles. The molecule has 0 aliphatic rings. The largest absolute Gasteiger partial charge is 0.337 e. The van der Waals surface area contributed by atoms with Gasteiger partial charge in [0.05, 0.1) is 12.0 Å². The lowest BCUT2D eigenvalue weighted by Crippen LogP contribution is -1.95. The first-order valence-corrected chi connectivity index (χ1v) is 3.07. The van der Waals surface area contributed by atoms with E-state index in [4.69, 9.17) is 5.73 Å². The van der Waals surface area contributed by atoms with Crippen LogP contribution in [0.4, 0.5) is 0 Å². The molecular formula is C6H11N3. The third kappa shape index (κ3) is 1.29. The van der Waals surface area contributed by atoms with Crippen molar-refractivity contribution in [1.82, 2.24) is 9.55 Å². The summed E-state index contributed by atoms with van der Waals surface area (Å²) in [6.07, 6.45) is 3.75. The van der Waals surface area contributed by atoms with E-state index in [0.717, 1.165) is 12.2 Å². The molecule has 0 aliphatic carbocycles. The van der Waals surface area contributed by atoms with Crippen molar-refractivity contribution in [2.24, 2.45) is 5.73 Å². The number of nitrogens with zero attached hydrogens (tertiary/aromatic N) is 2. The van der Waals surface area contributed by atoms with E-state index in [2.05, 4.69) is 11.9 Å². The van der Waals surface area contributed by atoms with E-state index in [9.17, 15) is 0 Å². The van der Waals surface area contributed by atoms with Gasteiger partial charge in [0.25, 0.3) is 0 Å². The average molecular weight is 125 g/mol. The van der Waals surface area contributed by atoms with E-state index in [-0.39, 0.29) is 0 Å². The smallest absolute Gasteiger partial charge is 0.0949 e. The van der Waals surface area contributed by atoms with Crippen molar-refractivity contribution >= 4 is 0 Å². The van der Waals surface area contributed by atoms with Gasteiger partial charge < -0.3 is 10.3 Å². The van der Waals surface area contributed by atoms with Crippen LogP contribution in [-0.2, 0) is 13.1 Å². The summed E-state index contributed by atoms with van der Waals surface area (Å²) in [6, 6.07) is 0. The van der Waals surface area contributed by atoms with Crippen molar-refractivity contribution < 1.29 is 0 Å². The molecule has 0 fully saturated rings. The number of rotatable bonds is 2. The summed E-state index contributed by atoms with van der Waals surface area (Å²) in [5.41, 5.74) is 6.30. The Bertz CT molecular complexity index is 162. The summed E-state index contributed by atoms with van der Waals surface area (Å²) >= 11 is 0. The van der Waals surface area contributed by atoms with Gasteiger partial charge in [-0.3, -0.25) is 0 Å². The first kappa shape index (κ1) is 6.29. The van der Waals surface area contributed by atoms with Crippen LogP contribution in [0.3, 0.4) is 0 Å². The van der Waals surface area contributed by atoms with Gasteiger partial charge in [-0.1, -0.05) is 0 Å². The first-order valence-electron chi connectivity index (χ1n) is 3.07. The van der Waals surface area contributed by atoms with Crippen LogP contribution in [-0.4, -0.2) is 9.55 Å². The highest BCUT2D eigenvalue weighted by atomic mass is 15.0. The molecule has 50 valence electrons. The van der Waals surface area contributed by atoms with Crippen LogP contribution in [0, 0.1) is 0 Å². The van der Waals surface area contributed by atoms with Crippen LogP contribution >= 0.6 is 0 Å². The van der Waals surface area contributed by atoms with E-state index in [0.29, 0.717) is 6.54 Å². The number of hydrogen-bond donors (Lipinski definition) is 1. The summed E-state index contributed by atoms with van der Waals surface area (Å²) in [5.74, 6) is 0. The van der Waals surface area contributed by atoms with E-state index >= 15 is 0 Å². The molecular weight excluding hydrogens is 114 g/mol. The molecule has 1 heterocycles. The highest BCUT2D eigenvalue weighted by molar-refractivity contribution is 4.94. The lowest BCUT2D eigenvalue weighted by atomic mass is 10.5. The van der Waals surface area contributed by atoms with Gasteiger partial charge in [0.1, 0.15) is 0 Å². The van der Waals surface area contributed by atoms with Gasteiger partial charge in [0.2, 0.25) is 0 Å². The zero-order chi connectivity index (χ0) is 6.69. The van der Waals surface area contributed by atoms with Crippen LogP contribution in [0.1, 0.15) is 12.6 Å². The predicted octanol–water partition coefficient (Wildman–Crippen LogP) is 0.362. The molecule has 9 heavy (non-hydrogen) atoms. The van der Waals surface area contributed by atoms with Crippen LogP contribution in [0.2, 0.25) is 0 Å². The lowest BCUT2D eigenvalue weighted by Gasteiger charge is -1.89. The Morgan fingerprint density at radius 3 is 2.89 bits per heavy atom. The van der Waals surface area contributed by atoms with Gasteiger partial charge in [0, 0.05) is 19.3 Å². The van der Waals surface area contributed by atoms with Gasteiger partial charge in [-0.05, 0) is 6.92 Å². The standard InChI is InChI=1S/C6H11N3/c1-2-9-4-6(3-7)8-5-9/h4-5H,2-3,7H2,1H3. The minimum Gasteiger partial charge on any atom is -0.337 e. The maximum atomic E-state index is 5.34. The summed E-state index contributed by atoms with van der Waals surface area (Å²) in [4.78, 5) is 4.04. The normalized spacial score (nSPS) is 10.0. The van der Waals surface area contributed by atoms with Crippen molar-refractivity contribution in [3.05, 3.63) is 18.2 Å². The van der Waals surface area contributed by atoms with Gasteiger partial charge in [-0.2, -0.15) is 0 Å². The topological polar surface area (TPSA) is 43.8 Å². The van der Waals surface area contributed by atoms with Crippen LogP contribution in [0.15, 0.2) is 12.5 Å². The molecule has 0 bridgehead atoms. The molecule has 3 heteroatoms. The number of hydrogen-bond acceptors (Lipinski definition) is 2. The minimum atomic E-state index is 0.535. The van der Waals surface area contributed by atoms with Gasteiger partial charge in [0.15, 0.2) is 0 Å². The fourth-order valence-corrected chi connectivity index (χ4v) is 0.685. The minimum absolute atomic E-state index is 0.535. The third-order valence-electron chi connectivity index (χ3n) is 1.26. The maximum Gasteiger partial charge on any atom is 0.0949 e. The van der Waals surface area contributed by atoms with Crippen LogP contribution < -0.4 is 5.73 Å². The molecule has 1 aromatic rings. The monoisotopic (exact) mass is 125 g/mol. The van der Waals surface area contributed by atoms with Gasteiger partial charge in [-0.25, -0.2) is 4.98 Å². The SMILES string of the molecule is CCn1cnc(CN)c1. The average Bonchev–Trinajstić information content (AvgIpc) is 2.34. The van der Waals surface area contributed by atoms with Crippen molar-refractivity contribution in [2.45, 2.75) is 20.0 Å². The fraction of sp³-hybridized carbons (Fsp3) is 0.500. The Kier molecular flexibility index (Phi) is 1.85. The summed E-state index contributed by atoms with van der Waals surface area (Å²) in [7, 11) is 0. The zero-order valence-electron chi connectivity index (χ0n) is 5.54. The second-order valence-corrected chi connectivity index (χ2v) is 1.90. The third-order valence-corrected chi connectivity index (χ3v) is 1.26. The predicted molar refractivity (Wildman–Crippen MR) is 35.8 cm³/mol. The summed E-state index contributed by atoms with van der Waals surface area (Å²) in [6.45, 7) is 3.57. The van der Waals surface area contributed by atoms with Gasteiger partial charge >= 0.3 is 0 Å². The Labute approximate surface area is 54.5 Å². The molecule has 0 spiro atoms. The Morgan fingerprint density at radius 2 is 2.56 bits per heavy atom. The quantitative estimate of drug-likeness (QED) is 0.620. The molecule has 1 rings (SSSR count). The second-order valence-electron chi connectivity index (χ2n) is 1.90. The van der Waals surface area contributed by atoms with Crippen LogP contribution in [0.25, 0.3) is 0 Å². The number of aromatic nitrogens is 2. The molecule has 3 nitrogen and oxygen atoms in total. The number of imidazole rings is 1. The molecule has 0 saturated heterocycles. The van der Waals surface area contributed by atoms with E-state index in [1.165, 1.54) is 0 Å². The van der Waals surface area contributed by atoms with Crippen LogP contribution in [0.5, 0.6) is 0 Å². The number of aryl methyl sites for hydroxylation is 1. The second kappa shape index (κ2) is 2.64. The first-order chi connectivity index (χ1) is 4.36. The lowest BCUT2D eigenvalue weighted by molar-refractivity contribution is 0.760. The van der Waals surface area contributed by atoms with Crippen molar-refractivity contribution in [3.8, 4) is 0 Å².